The molecular weight excluding hydrogens is 342 g/mol. The molecule has 1 aromatic rings. The summed E-state index contributed by atoms with van der Waals surface area (Å²) in [5.41, 5.74) is 13.6. The van der Waals surface area contributed by atoms with Crippen molar-refractivity contribution in [1.29, 1.82) is 0 Å². The second-order valence-electron chi connectivity index (χ2n) is 6.50. The lowest BCUT2D eigenvalue weighted by molar-refractivity contribution is -0.123. The molecule has 1 saturated heterocycles. The van der Waals surface area contributed by atoms with Gasteiger partial charge < -0.3 is 21.5 Å². The monoisotopic (exact) mass is 367 g/mol. The van der Waals surface area contributed by atoms with Gasteiger partial charge in [0, 0.05) is 37.2 Å². The minimum Gasteiger partial charge on any atom is -0.404 e. The van der Waals surface area contributed by atoms with Crippen LogP contribution in [0.4, 0.5) is 0 Å². The Morgan fingerprint density at radius 1 is 1.33 bits per heavy atom. The number of ether oxygens (including phenoxy) is 1. The van der Waals surface area contributed by atoms with Crippen molar-refractivity contribution >= 4 is 11.7 Å². The minimum absolute atomic E-state index is 0.237. The van der Waals surface area contributed by atoms with Crippen LogP contribution in [0.5, 0.6) is 0 Å². The van der Waals surface area contributed by atoms with Crippen molar-refractivity contribution < 1.29 is 9.53 Å². The van der Waals surface area contributed by atoms with Crippen molar-refractivity contribution in [1.82, 2.24) is 10.2 Å². The molecule has 27 heavy (non-hydrogen) atoms. The fraction of sp³-hybridized carbons (Fsp3) is 0.300. The normalized spacial score (nSPS) is 21.4. The van der Waals surface area contributed by atoms with E-state index in [-0.39, 0.29) is 11.9 Å². The molecule has 0 aromatic heterocycles. The van der Waals surface area contributed by atoms with Gasteiger partial charge in [-0.2, -0.15) is 0 Å². The van der Waals surface area contributed by atoms with E-state index in [1.807, 2.05) is 30.3 Å². The molecule has 5 N–H and O–H groups in total. The fourth-order valence-electron chi connectivity index (χ4n) is 3.12. The maximum Gasteiger partial charge on any atom is 0.254 e. The highest BCUT2D eigenvalue weighted by Crippen LogP contribution is 2.21. The Morgan fingerprint density at radius 2 is 2.04 bits per heavy atom. The lowest BCUT2D eigenvalue weighted by atomic mass is 10.1. The molecule has 7 heteroatoms. The third kappa shape index (κ3) is 4.57. The van der Waals surface area contributed by atoms with Crippen LogP contribution in [0, 0.1) is 0 Å². The number of amides is 1. The highest BCUT2D eigenvalue weighted by atomic mass is 16.5. The van der Waals surface area contributed by atoms with E-state index in [9.17, 15) is 4.79 Å². The highest BCUT2D eigenvalue weighted by molar-refractivity contribution is 6.16. The third-order valence-corrected chi connectivity index (χ3v) is 4.54. The minimum atomic E-state index is -0.237. The Hall–Kier alpha value is -3.06. The molecule has 2 aliphatic rings. The van der Waals surface area contributed by atoms with Crippen molar-refractivity contribution in [3.63, 3.8) is 0 Å². The first-order chi connectivity index (χ1) is 13.1. The van der Waals surface area contributed by atoms with E-state index in [0.717, 1.165) is 18.4 Å². The summed E-state index contributed by atoms with van der Waals surface area (Å²) >= 11 is 0. The molecule has 142 valence electrons. The summed E-state index contributed by atoms with van der Waals surface area (Å²) in [7, 11) is 0. The molecule has 0 saturated carbocycles. The smallest absolute Gasteiger partial charge is 0.254 e. The zero-order valence-electron chi connectivity index (χ0n) is 15.2. The summed E-state index contributed by atoms with van der Waals surface area (Å²) in [5, 5.41) is 3.30. The zero-order chi connectivity index (χ0) is 19.2. The Morgan fingerprint density at radius 3 is 2.70 bits per heavy atom. The van der Waals surface area contributed by atoms with Crippen molar-refractivity contribution in [3.05, 3.63) is 71.8 Å². The molecular formula is C20H25N5O2. The molecule has 3 rings (SSSR count). The topological polar surface area (TPSA) is 106 Å². The maximum atomic E-state index is 12.6. The molecule has 1 fully saturated rings. The number of carbonyl (C=O) groups excluding carboxylic acids is 1. The van der Waals surface area contributed by atoms with Gasteiger partial charge in [0.1, 0.15) is 11.7 Å². The van der Waals surface area contributed by atoms with Crippen LogP contribution in [-0.2, 0) is 16.1 Å². The fourth-order valence-corrected chi connectivity index (χ4v) is 3.12. The predicted octanol–water partition coefficient (Wildman–Crippen LogP) is 1.35. The van der Waals surface area contributed by atoms with Crippen molar-refractivity contribution in [2.24, 2.45) is 16.5 Å². The number of hydrogen-bond donors (Lipinski definition) is 3. The molecule has 7 nitrogen and oxygen atoms in total. The molecule has 1 amide bonds. The Labute approximate surface area is 159 Å². The van der Waals surface area contributed by atoms with Crippen LogP contribution in [-0.4, -0.2) is 35.9 Å². The lowest BCUT2D eigenvalue weighted by Crippen LogP contribution is -2.42. The largest absolute Gasteiger partial charge is 0.404 e. The van der Waals surface area contributed by atoms with Crippen molar-refractivity contribution in [2.45, 2.75) is 25.4 Å². The second-order valence-corrected chi connectivity index (χ2v) is 6.50. The van der Waals surface area contributed by atoms with Gasteiger partial charge in [-0.25, -0.2) is 4.99 Å². The van der Waals surface area contributed by atoms with Gasteiger partial charge in [-0.3, -0.25) is 9.69 Å². The molecule has 0 unspecified atom stereocenters. The molecule has 2 aliphatic heterocycles. The van der Waals surface area contributed by atoms with Crippen LogP contribution in [0.2, 0.25) is 0 Å². The molecule has 0 aliphatic carbocycles. The Bertz CT molecular complexity index is 792. The van der Waals surface area contributed by atoms with E-state index in [4.69, 9.17) is 16.2 Å². The first kappa shape index (κ1) is 18.7. The molecule has 0 bridgehead atoms. The summed E-state index contributed by atoms with van der Waals surface area (Å²) < 4.78 is 5.37. The summed E-state index contributed by atoms with van der Waals surface area (Å²) in [5.74, 6) is 0.632. The van der Waals surface area contributed by atoms with Crippen LogP contribution in [0.1, 0.15) is 18.4 Å². The van der Waals surface area contributed by atoms with Gasteiger partial charge >= 0.3 is 0 Å². The number of hydrogen-bond acceptors (Lipinski definition) is 6. The van der Waals surface area contributed by atoms with E-state index in [1.54, 1.807) is 4.90 Å². The first-order valence-electron chi connectivity index (χ1n) is 8.95. The highest BCUT2D eigenvalue weighted by Gasteiger charge is 2.28. The van der Waals surface area contributed by atoms with Crippen molar-refractivity contribution in [3.8, 4) is 0 Å². The standard InChI is InChI=1S/C20H25N5O2/c1-14(23-16-7-9-27-10-8-16)24-20-17(12-21)18(22)11-19(26)25(20)13-15-5-3-2-4-6-15/h2-6,11-12,16,23H,1,7-10,13,21-22H2/b17-12-,24-20+. The summed E-state index contributed by atoms with van der Waals surface area (Å²) in [6.07, 6.45) is 4.52. The van der Waals surface area contributed by atoms with Gasteiger partial charge in [0.15, 0.2) is 0 Å². The van der Waals surface area contributed by atoms with Gasteiger partial charge in [-0.15, -0.1) is 0 Å². The number of nitrogens with zero attached hydrogens (tertiary/aromatic N) is 2. The maximum absolute atomic E-state index is 12.6. The number of nitrogens with one attached hydrogen (secondary N) is 1. The van der Waals surface area contributed by atoms with Crippen LogP contribution < -0.4 is 16.8 Å². The van der Waals surface area contributed by atoms with E-state index in [1.165, 1.54) is 12.3 Å². The van der Waals surface area contributed by atoms with Gasteiger partial charge in [0.2, 0.25) is 0 Å². The quantitative estimate of drug-likeness (QED) is 0.728. The third-order valence-electron chi connectivity index (χ3n) is 4.54. The average Bonchev–Trinajstić information content (AvgIpc) is 2.66. The SMILES string of the molecule is C=C(/N=C1\C(=C/N)C(N)=CC(=O)N1Cc1ccccc1)NC1CCOCC1. The molecule has 2 heterocycles. The number of amidine groups is 1. The zero-order valence-corrected chi connectivity index (χ0v) is 15.2. The average molecular weight is 367 g/mol. The summed E-state index contributed by atoms with van der Waals surface area (Å²) in [4.78, 5) is 18.7. The van der Waals surface area contributed by atoms with E-state index in [0.29, 0.717) is 42.7 Å². The van der Waals surface area contributed by atoms with Crippen LogP contribution >= 0.6 is 0 Å². The van der Waals surface area contributed by atoms with Crippen LogP contribution in [0.3, 0.4) is 0 Å². The summed E-state index contributed by atoms with van der Waals surface area (Å²) in [6.45, 7) is 5.79. The Kier molecular flexibility index (Phi) is 5.93. The van der Waals surface area contributed by atoms with Gasteiger partial charge in [-0.05, 0) is 18.4 Å². The van der Waals surface area contributed by atoms with Crippen LogP contribution in [0.25, 0.3) is 0 Å². The van der Waals surface area contributed by atoms with Crippen molar-refractivity contribution in [2.75, 3.05) is 13.2 Å². The lowest BCUT2D eigenvalue weighted by Gasteiger charge is -2.30. The Balaban J connectivity index is 1.87. The van der Waals surface area contributed by atoms with Gasteiger partial charge in [-0.1, -0.05) is 36.9 Å². The predicted molar refractivity (Wildman–Crippen MR) is 105 cm³/mol. The van der Waals surface area contributed by atoms with Crippen LogP contribution in [0.15, 0.2) is 71.3 Å². The molecule has 0 radical (unpaired) electrons. The van der Waals surface area contributed by atoms with E-state index in [2.05, 4.69) is 16.9 Å². The molecule has 1 aromatic carbocycles. The molecule has 0 spiro atoms. The van der Waals surface area contributed by atoms with E-state index >= 15 is 0 Å². The number of carbonyl (C=O) groups is 1. The first-order valence-corrected chi connectivity index (χ1v) is 8.95. The number of benzene rings is 1. The van der Waals surface area contributed by atoms with E-state index < -0.39 is 0 Å². The number of rotatable bonds is 5. The number of aliphatic imine (C=N–C) groups is 1. The van der Waals surface area contributed by atoms with Gasteiger partial charge in [0.25, 0.3) is 5.91 Å². The van der Waals surface area contributed by atoms with Gasteiger partial charge in [0.05, 0.1) is 12.1 Å². The number of nitrogens with two attached hydrogens (primary N) is 2. The molecule has 0 atom stereocenters. The second kappa shape index (κ2) is 8.55. The summed E-state index contributed by atoms with van der Waals surface area (Å²) in [6, 6.07) is 9.93.